The number of aliphatic carboxylic acids is 1. The number of fused-ring (bicyclic) bond motifs is 1. The first kappa shape index (κ1) is 24.9. The molecule has 0 unspecified atom stereocenters. The Balaban J connectivity index is 2.12. The minimum Gasteiger partial charge on any atom is -0.497 e. The van der Waals surface area contributed by atoms with Gasteiger partial charge in [-0.1, -0.05) is 20.8 Å². The van der Waals surface area contributed by atoms with Crippen molar-refractivity contribution < 1.29 is 27.5 Å². The number of rotatable bonds is 6. The molecule has 1 aliphatic heterocycles. The number of sulfonamides is 1. The van der Waals surface area contributed by atoms with Gasteiger partial charge in [-0.2, -0.15) is 4.31 Å². The summed E-state index contributed by atoms with van der Waals surface area (Å²) in [5, 5.41) is 12.0. The lowest BCUT2D eigenvalue weighted by atomic mass is 10.0. The standard InChI is InChI=1S/C22H31NO6S2Si/c1-22(2,3)32(5,6)29-20-17-12-14-30-18(17)11-13-23(19(20)21(24)25)31(26,27)16-9-7-15(28-4)8-10-16/h7-10,12,14,19-20H,11,13H2,1-6H3,(H,24,25)/t19-,20+/m0/s1. The molecule has 7 nitrogen and oxygen atoms in total. The molecule has 2 atom stereocenters. The van der Waals surface area contributed by atoms with Crippen LogP contribution in [0.15, 0.2) is 40.6 Å². The summed E-state index contributed by atoms with van der Waals surface area (Å²) in [7, 11) is -5.01. The van der Waals surface area contributed by atoms with Gasteiger partial charge in [-0.25, -0.2) is 8.42 Å². The molecule has 0 amide bonds. The third-order valence-corrected chi connectivity index (χ3v) is 13.7. The Morgan fingerprint density at radius 1 is 1.19 bits per heavy atom. The number of hydrogen-bond acceptors (Lipinski definition) is 6. The summed E-state index contributed by atoms with van der Waals surface area (Å²) >= 11 is 1.51. The highest BCUT2D eigenvalue weighted by Crippen LogP contribution is 2.44. The fourth-order valence-corrected chi connectivity index (χ4v) is 7.24. The van der Waals surface area contributed by atoms with Gasteiger partial charge in [0.2, 0.25) is 10.0 Å². The number of carbonyl (C=O) groups is 1. The molecule has 32 heavy (non-hydrogen) atoms. The van der Waals surface area contributed by atoms with E-state index in [4.69, 9.17) is 9.16 Å². The van der Waals surface area contributed by atoms with Crippen molar-refractivity contribution in [3.8, 4) is 5.75 Å². The van der Waals surface area contributed by atoms with Crippen LogP contribution in [0.3, 0.4) is 0 Å². The number of carboxylic acid groups (broad SMARTS) is 1. The molecule has 1 aromatic carbocycles. The van der Waals surface area contributed by atoms with Gasteiger partial charge < -0.3 is 14.3 Å². The van der Waals surface area contributed by atoms with Crippen molar-refractivity contribution in [2.24, 2.45) is 0 Å². The van der Waals surface area contributed by atoms with Crippen LogP contribution in [0.1, 0.15) is 37.3 Å². The SMILES string of the molecule is COc1ccc(S(=O)(=O)N2CCc3sccc3[C@@H](O[Si](C)(C)C(C)(C)C)[C@H]2C(=O)O)cc1. The number of ether oxygens (including phenoxy) is 1. The first-order valence-corrected chi connectivity index (χ1v) is 15.6. The van der Waals surface area contributed by atoms with Gasteiger partial charge in [0.15, 0.2) is 14.4 Å². The molecule has 1 aromatic heterocycles. The summed E-state index contributed by atoms with van der Waals surface area (Å²) in [5.41, 5.74) is 0.777. The van der Waals surface area contributed by atoms with E-state index in [1.807, 2.05) is 24.5 Å². The van der Waals surface area contributed by atoms with Crippen LogP contribution in [0.25, 0.3) is 0 Å². The lowest BCUT2D eigenvalue weighted by molar-refractivity contribution is -0.145. The Hall–Kier alpha value is -1.72. The van der Waals surface area contributed by atoms with Crippen LogP contribution in [-0.2, 0) is 25.7 Å². The topological polar surface area (TPSA) is 93.1 Å². The monoisotopic (exact) mass is 497 g/mol. The zero-order chi connectivity index (χ0) is 23.9. The summed E-state index contributed by atoms with van der Waals surface area (Å²) < 4.78 is 40.1. The van der Waals surface area contributed by atoms with E-state index < -0.39 is 36.5 Å². The van der Waals surface area contributed by atoms with Crippen LogP contribution in [0.2, 0.25) is 18.1 Å². The molecular formula is C22H31NO6S2Si. The highest BCUT2D eigenvalue weighted by molar-refractivity contribution is 7.89. The largest absolute Gasteiger partial charge is 0.497 e. The average Bonchev–Trinajstić information content (AvgIpc) is 3.11. The van der Waals surface area contributed by atoms with E-state index in [1.54, 1.807) is 12.1 Å². The second-order valence-electron chi connectivity index (χ2n) is 9.42. The van der Waals surface area contributed by atoms with E-state index in [9.17, 15) is 18.3 Å². The smallest absolute Gasteiger partial charge is 0.325 e. The number of hydrogen-bond donors (Lipinski definition) is 1. The van der Waals surface area contributed by atoms with E-state index >= 15 is 0 Å². The van der Waals surface area contributed by atoms with Crippen LogP contribution < -0.4 is 4.74 Å². The number of nitrogens with zero attached hydrogens (tertiary/aromatic N) is 1. The summed E-state index contributed by atoms with van der Waals surface area (Å²) in [6, 6.07) is 6.50. The van der Waals surface area contributed by atoms with Crippen molar-refractivity contribution in [2.75, 3.05) is 13.7 Å². The quantitative estimate of drug-likeness (QED) is 0.590. The molecule has 0 saturated heterocycles. The first-order chi connectivity index (χ1) is 14.8. The molecule has 1 aliphatic rings. The molecule has 0 spiro atoms. The molecular weight excluding hydrogens is 466 g/mol. The number of carboxylic acids is 1. The molecule has 0 bridgehead atoms. The molecule has 0 aliphatic carbocycles. The number of methoxy groups -OCH3 is 1. The Labute approximate surface area is 195 Å². The Bertz CT molecular complexity index is 1070. The maximum atomic E-state index is 13.6. The van der Waals surface area contributed by atoms with Crippen molar-refractivity contribution in [3.63, 3.8) is 0 Å². The van der Waals surface area contributed by atoms with Gasteiger partial charge in [0.25, 0.3) is 0 Å². The lowest BCUT2D eigenvalue weighted by Crippen LogP contribution is -2.52. The zero-order valence-electron chi connectivity index (χ0n) is 19.3. The summed E-state index contributed by atoms with van der Waals surface area (Å²) in [5.74, 6) is -0.694. The van der Waals surface area contributed by atoms with Gasteiger partial charge in [-0.3, -0.25) is 4.79 Å². The van der Waals surface area contributed by atoms with E-state index in [1.165, 1.54) is 30.6 Å². The molecule has 2 heterocycles. The van der Waals surface area contributed by atoms with E-state index in [2.05, 4.69) is 20.8 Å². The van der Waals surface area contributed by atoms with Gasteiger partial charge in [0.1, 0.15) is 5.75 Å². The van der Waals surface area contributed by atoms with Crippen LogP contribution in [0, 0.1) is 0 Å². The second kappa shape index (κ2) is 8.90. The van der Waals surface area contributed by atoms with Crippen LogP contribution in [-0.4, -0.2) is 51.8 Å². The third kappa shape index (κ3) is 4.65. The fraction of sp³-hybridized carbons (Fsp3) is 0.500. The molecule has 2 aromatic rings. The van der Waals surface area contributed by atoms with Gasteiger partial charge in [0.05, 0.1) is 18.1 Å². The van der Waals surface area contributed by atoms with E-state index in [-0.39, 0.29) is 16.5 Å². The van der Waals surface area contributed by atoms with Crippen molar-refractivity contribution in [3.05, 3.63) is 46.2 Å². The van der Waals surface area contributed by atoms with E-state index in [0.29, 0.717) is 12.2 Å². The summed E-state index contributed by atoms with van der Waals surface area (Å²) in [6.45, 7) is 10.4. The van der Waals surface area contributed by atoms with Crippen molar-refractivity contribution in [1.29, 1.82) is 0 Å². The van der Waals surface area contributed by atoms with Crippen LogP contribution >= 0.6 is 11.3 Å². The molecule has 176 valence electrons. The molecule has 0 fully saturated rings. The molecule has 0 radical (unpaired) electrons. The maximum absolute atomic E-state index is 13.6. The summed E-state index contributed by atoms with van der Waals surface area (Å²) in [6.07, 6.45) is -0.450. The van der Waals surface area contributed by atoms with Crippen molar-refractivity contribution >= 4 is 35.6 Å². The van der Waals surface area contributed by atoms with Gasteiger partial charge in [0, 0.05) is 11.4 Å². The summed E-state index contributed by atoms with van der Waals surface area (Å²) in [4.78, 5) is 13.6. The third-order valence-electron chi connectivity index (χ3n) is 6.39. The number of benzene rings is 1. The zero-order valence-corrected chi connectivity index (χ0v) is 21.9. The van der Waals surface area contributed by atoms with Gasteiger partial charge in [-0.15, -0.1) is 11.3 Å². The van der Waals surface area contributed by atoms with Gasteiger partial charge >= 0.3 is 5.97 Å². The van der Waals surface area contributed by atoms with Crippen LogP contribution in [0.4, 0.5) is 0 Å². The maximum Gasteiger partial charge on any atom is 0.325 e. The second-order valence-corrected chi connectivity index (χ2v) is 17.1. The Kier molecular flexibility index (Phi) is 6.93. The van der Waals surface area contributed by atoms with Gasteiger partial charge in [-0.05, 0) is 65.8 Å². The Morgan fingerprint density at radius 2 is 1.81 bits per heavy atom. The predicted octanol–water partition coefficient (Wildman–Crippen LogP) is 4.52. The minimum atomic E-state index is -4.09. The normalized spacial score (nSPS) is 20.4. The average molecular weight is 498 g/mol. The van der Waals surface area contributed by atoms with Crippen molar-refractivity contribution in [2.45, 2.75) is 62.4 Å². The Morgan fingerprint density at radius 3 is 2.34 bits per heavy atom. The minimum absolute atomic E-state index is 0.0286. The first-order valence-electron chi connectivity index (χ1n) is 10.4. The highest BCUT2D eigenvalue weighted by Gasteiger charge is 2.49. The number of thiophene rings is 1. The fourth-order valence-electron chi connectivity index (χ4n) is 3.51. The lowest BCUT2D eigenvalue weighted by Gasteiger charge is -2.41. The highest BCUT2D eigenvalue weighted by atomic mass is 32.2. The molecule has 10 heteroatoms. The predicted molar refractivity (Wildman–Crippen MR) is 127 cm³/mol. The molecule has 0 saturated carbocycles. The molecule has 3 rings (SSSR count). The van der Waals surface area contributed by atoms with Crippen LogP contribution in [0.5, 0.6) is 5.75 Å². The molecule has 1 N–H and O–H groups in total. The van der Waals surface area contributed by atoms with Crippen molar-refractivity contribution in [1.82, 2.24) is 4.31 Å². The van der Waals surface area contributed by atoms with E-state index in [0.717, 1.165) is 14.7 Å².